The van der Waals surface area contributed by atoms with Crippen LogP contribution in [0.2, 0.25) is 0 Å². The maximum Gasteiger partial charge on any atom is 0.329 e. The van der Waals surface area contributed by atoms with Crippen LogP contribution in [0, 0.1) is 0 Å². The molecular weight excluding hydrogens is 336 g/mol. The summed E-state index contributed by atoms with van der Waals surface area (Å²) in [5, 5.41) is 29.1. The molecule has 2 aromatic carbocycles. The van der Waals surface area contributed by atoms with Crippen LogP contribution in [-0.4, -0.2) is 44.6 Å². The normalized spacial score (nSPS) is 11.9. The van der Waals surface area contributed by atoms with Crippen molar-refractivity contribution in [2.45, 2.75) is 6.04 Å². The Morgan fingerprint density at radius 3 is 2.50 bits per heavy atom. The third kappa shape index (κ3) is 3.12. The number of benzene rings is 2. The number of aromatic nitrogens is 2. The van der Waals surface area contributed by atoms with E-state index in [2.05, 4.69) is 4.98 Å². The fourth-order valence-corrected chi connectivity index (χ4v) is 2.81. The summed E-state index contributed by atoms with van der Waals surface area (Å²) in [5.41, 5.74) is 2.38. The zero-order chi connectivity index (χ0) is 18.7. The molecule has 26 heavy (non-hydrogen) atoms. The third-order valence-electron chi connectivity index (χ3n) is 4.09. The van der Waals surface area contributed by atoms with Gasteiger partial charge in [-0.25, -0.2) is 9.78 Å². The van der Waals surface area contributed by atoms with Gasteiger partial charge in [0.2, 0.25) is 0 Å². The maximum absolute atomic E-state index is 11.5. The number of hydrogen-bond acceptors (Lipinski definition) is 5. The Balaban J connectivity index is 2.24. The number of imidazole rings is 1. The molecule has 0 radical (unpaired) electrons. The monoisotopic (exact) mass is 354 g/mol. The second-order valence-electron chi connectivity index (χ2n) is 5.64. The van der Waals surface area contributed by atoms with Crippen LogP contribution < -0.4 is 4.74 Å². The van der Waals surface area contributed by atoms with E-state index in [1.54, 1.807) is 12.1 Å². The van der Waals surface area contributed by atoms with Gasteiger partial charge in [0.15, 0.2) is 17.5 Å². The van der Waals surface area contributed by atoms with Gasteiger partial charge in [0.25, 0.3) is 0 Å². The number of carbonyl (C=O) groups is 1. The van der Waals surface area contributed by atoms with Gasteiger partial charge in [-0.05, 0) is 18.2 Å². The summed E-state index contributed by atoms with van der Waals surface area (Å²) in [4.78, 5) is 15.9. The molecule has 0 amide bonds. The molecule has 1 heterocycles. The molecule has 0 aliphatic heterocycles. The number of aliphatic carboxylic acids is 1. The molecule has 3 aromatic rings. The summed E-state index contributed by atoms with van der Waals surface area (Å²) < 4.78 is 6.46. The molecule has 0 saturated carbocycles. The molecule has 1 aromatic heterocycles. The van der Waals surface area contributed by atoms with Gasteiger partial charge in [-0.1, -0.05) is 30.3 Å². The van der Waals surface area contributed by atoms with Gasteiger partial charge in [-0.15, -0.1) is 0 Å². The number of rotatable bonds is 6. The van der Waals surface area contributed by atoms with Gasteiger partial charge >= 0.3 is 5.97 Å². The number of methoxy groups -OCH3 is 1. The maximum atomic E-state index is 11.5. The Hall–Kier alpha value is -3.32. The predicted octanol–water partition coefficient (Wildman–Crippen LogP) is 2.55. The van der Waals surface area contributed by atoms with E-state index < -0.39 is 18.6 Å². The second-order valence-corrected chi connectivity index (χ2v) is 5.64. The van der Waals surface area contributed by atoms with Crippen molar-refractivity contribution in [3.8, 4) is 34.0 Å². The fraction of sp³-hybridized carbons (Fsp3) is 0.158. The lowest BCUT2D eigenvalue weighted by atomic mass is 10.0. The first-order valence-electron chi connectivity index (χ1n) is 7.90. The second kappa shape index (κ2) is 7.28. The quantitative estimate of drug-likeness (QED) is 0.628. The zero-order valence-corrected chi connectivity index (χ0v) is 14.0. The highest BCUT2D eigenvalue weighted by Gasteiger charge is 2.25. The third-order valence-corrected chi connectivity index (χ3v) is 4.09. The number of ether oxygens (including phenoxy) is 1. The minimum atomic E-state index is -1.20. The average molecular weight is 354 g/mol. The lowest BCUT2D eigenvalue weighted by molar-refractivity contribution is -0.142. The number of aliphatic hydroxyl groups excluding tert-OH is 1. The van der Waals surface area contributed by atoms with Crippen molar-refractivity contribution in [2.75, 3.05) is 13.7 Å². The molecule has 0 aliphatic carbocycles. The van der Waals surface area contributed by atoms with Crippen molar-refractivity contribution in [1.82, 2.24) is 9.55 Å². The number of phenols is 1. The highest BCUT2D eigenvalue weighted by atomic mass is 16.5. The first-order valence-corrected chi connectivity index (χ1v) is 7.90. The number of hydrogen-bond donors (Lipinski definition) is 3. The lowest BCUT2D eigenvalue weighted by Gasteiger charge is -2.16. The van der Waals surface area contributed by atoms with Crippen LogP contribution in [0.4, 0.5) is 0 Å². The van der Waals surface area contributed by atoms with Gasteiger partial charge in [-0.2, -0.15) is 0 Å². The molecule has 0 saturated heterocycles. The number of aliphatic hydroxyl groups is 1. The largest absolute Gasteiger partial charge is 0.504 e. The molecule has 7 heteroatoms. The summed E-state index contributed by atoms with van der Waals surface area (Å²) in [7, 11) is 1.45. The Labute approximate surface area is 149 Å². The van der Waals surface area contributed by atoms with Crippen LogP contribution >= 0.6 is 0 Å². The van der Waals surface area contributed by atoms with E-state index in [9.17, 15) is 20.1 Å². The minimum Gasteiger partial charge on any atom is -0.504 e. The van der Waals surface area contributed by atoms with E-state index >= 15 is 0 Å². The van der Waals surface area contributed by atoms with Crippen LogP contribution in [0.1, 0.15) is 6.04 Å². The fourth-order valence-electron chi connectivity index (χ4n) is 2.81. The SMILES string of the molecule is COc1ccc(-c2c(-c3ccccc3)ncn2C(CO)C(=O)O)cc1O. The highest BCUT2D eigenvalue weighted by Crippen LogP contribution is 2.37. The molecule has 0 fully saturated rings. The van der Waals surface area contributed by atoms with Crippen molar-refractivity contribution in [1.29, 1.82) is 0 Å². The molecular formula is C19H18N2O5. The number of aromatic hydroxyl groups is 1. The molecule has 0 spiro atoms. The molecule has 0 aliphatic rings. The van der Waals surface area contributed by atoms with E-state index in [0.717, 1.165) is 5.56 Å². The number of carboxylic acid groups (broad SMARTS) is 1. The Morgan fingerprint density at radius 2 is 1.92 bits per heavy atom. The van der Waals surface area contributed by atoms with Crippen LogP contribution in [0.5, 0.6) is 11.5 Å². The summed E-state index contributed by atoms with van der Waals surface area (Å²) in [5.74, 6) is -0.950. The minimum absolute atomic E-state index is 0.0763. The predicted molar refractivity (Wildman–Crippen MR) is 95.1 cm³/mol. The van der Waals surface area contributed by atoms with E-state index in [1.807, 2.05) is 30.3 Å². The van der Waals surface area contributed by atoms with E-state index in [1.165, 1.54) is 24.1 Å². The van der Waals surface area contributed by atoms with Crippen LogP contribution in [0.3, 0.4) is 0 Å². The van der Waals surface area contributed by atoms with Gasteiger partial charge in [0, 0.05) is 11.1 Å². The summed E-state index contributed by atoms with van der Waals surface area (Å²) in [6.45, 7) is -0.588. The van der Waals surface area contributed by atoms with Crippen LogP contribution in [0.25, 0.3) is 22.5 Å². The van der Waals surface area contributed by atoms with Crippen molar-refractivity contribution in [2.24, 2.45) is 0 Å². The lowest BCUT2D eigenvalue weighted by Crippen LogP contribution is -2.22. The number of carboxylic acids is 1. The Morgan fingerprint density at radius 1 is 1.19 bits per heavy atom. The molecule has 3 rings (SSSR count). The first-order chi connectivity index (χ1) is 12.6. The van der Waals surface area contributed by atoms with Crippen LogP contribution in [0.15, 0.2) is 54.9 Å². The topological polar surface area (TPSA) is 105 Å². The Bertz CT molecular complexity index is 921. The molecule has 0 bridgehead atoms. The van der Waals surface area contributed by atoms with Gasteiger partial charge < -0.3 is 24.6 Å². The zero-order valence-electron chi connectivity index (χ0n) is 14.0. The summed E-state index contributed by atoms with van der Waals surface area (Å²) in [6, 6.07) is 12.9. The Kier molecular flexibility index (Phi) is 4.90. The smallest absolute Gasteiger partial charge is 0.329 e. The molecule has 3 N–H and O–H groups in total. The number of phenolic OH excluding ortho intramolecular Hbond substituents is 1. The van der Waals surface area contributed by atoms with E-state index in [0.29, 0.717) is 22.7 Å². The van der Waals surface area contributed by atoms with E-state index in [4.69, 9.17) is 4.74 Å². The van der Waals surface area contributed by atoms with Crippen molar-refractivity contribution >= 4 is 5.97 Å². The highest BCUT2D eigenvalue weighted by molar-refractivity contribution is 5.82. The van der Waals surface area contributed by atoms with Gasteiger partial charge in [-0.3, -0.25) is 0 Å². The van der Waals surface area contributed by atoms with E-state index in [-0.39, 0.29) is 5.75 Å². The number of nitrogens with zero attached hydrogens (tertiary/aromatic N) is 2. The van der Waals surface area contributed by atoms with Gasteiger partial charge in [0.1, 0.15) is 0 Å². The average Bonchev–Trinajstić information content (AvgIpc) is 3.07. The van der Waals surface area contributed by atoms with Crippen LogP contribution in [-0.2, 0) is 4.79 Å². The standard InChI is InChI=1S/C19H18N2O5/c1-26-16-8-7-13(9-15(16)23)18-17(12-5-3-2-4-6-12)20-11-21(18)14(10-22)19(24)25/h2-9,11,14,22-23H,10H2,1H3,(H,24,25). The first kappa shape index (κ1) is 17.5. The molecule has 1 atom stereocenters. The van der Waals surface area contributed by atoms with Crippen molar-refractivity contribution in [3.63, 3.8) is 0 Å². The van der Waals surface area contributed by atoms with Crippen molar-refractivity contribution < 1.29 is 24.9 Å². The summed E-state index contributed by atoms with van der Waals surface area (Å²) >= 11 is 0. The molecule has 134 valence electrons. The van der Waals surface area contributed by atoms with Crippen molar-refractivity contribution in [3.05, 3.63) is 54.9 Å². The van der Waals surface area contributed by atoms with Gasteiger partial charge in [0.05, 0.1) is 31.4 Å². The summed E-state index contributed by atoms with van der Waals surface area (Å²) in [6.07, 6.45) is 1.38. The molecule has 7 nitrogen and oxygen atoms in total. The molecule has 1 unspecified atom stereocenters.